The number of aromatic nitrogens is 3. The van der Waals surface area contributed by atoms with Crippen molar-refractivity contribution in [3.8, 4) is 5.82 Å². The smallest absolute Gasteiger partial charge is 0.319 e. The van der Waals surface area contributed by atoms with Gasteiger partial charge in [0.2, 0.25) is 0 Å². The van der Waals surface area contributed by atoms with Gasteiger partial charge in [-0.25, -0.2) is 14.5 Å². The third kappa shape index (κ3) is 3.87. The Hall–Kier alpha value is -2.41. The van der Waals surface area contributed by atoms with Crippen LogP contribution in [0.15, 0.2) is 36.8 Å². The first kappa shape index (κ1) is 15.5. The summed E-state index contributed by atoms with van der Waals surface area (Å²) in [5.74, 6) is 0.833. The van der Waals surface area contributed by atoms with Crippen LogP contribution in [0, 0.1) is 5.92 Å². The lowest BCUT2D eigenvalue weighted by atomic mass is 9.85. The first-order valence-electron chi connectivity index (χ1n) is 7.90. The Morgan fingerprint density at radius 2 is 2.22 bits per heavy atom. The van der Waals surface area contributed by atoms with Gasteiger partial charge >= 0.3 is 6.03 Å². The molecule has 0 spiro atoms. The molecule has 0 bridgehead atoms. The number of hydrogen-bond acceptors (Lipinski definition) is 4. The molecule has 1 fully saturated rings. The molecule has 2 amide bonds. The van der Waals surface area contributed by atoms with Crippen molar-refractivity contribution in [3.63, 3.8) is 0 Å². The number of aliphatic hydroxyl groups is 1. The van der Waals surface area contributed by atoms with E-state index < -0.39 is 0 Å². The van der Waals surface area contributed by atoms with Gasteiger partial charge in [-0.05, 0) is 25.0 Å². The quantitative estimate of drug-likeness (QED) is 0.804. The Labute approximate surface area is 134 Å². The van der Waals surface area contributed by atoms with E-state index in [9.17, 15) is 9.90 Å². The minimum absolute atomic E-state index is 0.0274. The van der Waals surface area contributed by atoms with Crippen molar-refractivity contribution in [2.75, 3.05) is 11.9 Å². The van der Waals surface area contributed by atoms with Gasteiger partial charge in [-0.15, -0.1) is 0 Å². The summed E-state index contributed by atoms with van der Waals surface area (Å²) in [7, 11) is 0. The predicted octanol–water partition coefficient (Wildman–Crippen LogP) is 1.94. The van der Waals surface area contributed by atoms with E-state index >= 15 is 0 Å². The van der Waals surface area contributed by atoms with Crippen LogP contribution in [-0.4, -0.2) is 38.6 Å². The minimum Gasteiger partial charge on any atom is -0.396 e. The summed E-state index contributed by atoms with van der Waals surface area (Å²) in [6.07, 6.45) is 9.05. The first-order valence-corrected chi connectivity index (χ1v) is 7.90. The molecule has 1 aliphatic carbocycles. The SMILES string of the molecule is O=C(Nc1cnn(-c2ccccn2)c1)N[C@@H]1CCCC[C@@H]1CO. The Balaban J connectivity index is 1.59. The van der Waals surface area contributed by atoms with E-state index in [2.05, 4.69) is 20.7 Å². The van der Waals surface area contributed by atoms with Gasteiger partial charge in [-0.3, -0.25) is 0 Å². The highest BCUT2D eigenvalue weighted by Gasteiger charge is 2.25. The summed E-state index contributed by atoms with van der Waals surface area (Å²) < 4.78 is 1.60. The average molecular weight is 315 g/mol. The fourth-order valence-electron chi connectivity index (χ4n) is 2.95. The number of hydrogen-bond donors (Lipinski definition) is 3. The molecule has 0 unspecified atom stereocenters. The Morgan fingerprint density at radius 3 is 3.00 bits per heavy atom. The third-order valence-corrected chi connectivity index (χ3v) is 4.18. The number of amides is 2. The zero-order valence-electron chi connectivity index (χ0n) is 12.9. The fourth-order valence-corrected chi connectivity index (χ4v) is 2.95. The van der Waals surface area contributed by atoms with Crippen LogP contribution in [-0.2, 0) is 0 Å². The van der Waals surface area contributed by atoms with E-state index in [1.165, 1.54) is 0 Å². The second-order valence-electron chi connectivity index (χ2n) is 5.79. The molecule has 2 aromatic heterocycles. The summed E-state index contributed by atoms with van der Waals surface area (Å²) >= 11 is 0. The normalized spacial score (nSPS) is 20.9. The van der Waals surface area contributed by atoms with Crippen molar-refractivity contribution in [1.82, 2.24) is 20.1 Å². The molecule has 1 aliphatic rings. The van der Waals surface area contributed by atoms with Gasteiger partial charge in [-0.2, -0.15) is 5.10 Å². The number of carbonyl (C=O) groups is 1. The van der Waals surface area contributed by atoms with E-state index in [0.717, 1.165) is 25.7 Å². The third-order valence-electron chi connectivity index (χ3n) is 4.18. The van der Waals surface area contributed by atoms with Gasteiger partial charge in [0.25, 0.3) is 0 Å². The maximum absolute atomic E-state index is 12.1. The zero-order chi connectivity index (χ0) is 16.1. The molecule has 122 valence electrons. The van der Waals surface area contributed by atoms with Crippen molar-refractivity contribution in [2.24, 2.45) is 5.92 Å². The molecule has 1 saturated carbocycles. The lowest BCUT2D eigenvalue weighted by molar-refractivity contribution is 0.156. The van der Waals surface area contributed by atoms with Crippen LogP contribution >= 0.6 is 0 Å². The highest BCUT2D eigenvalue weighted by atomic mass is 16.3. The topological polar surface area (TPSA) is 92.1 Å². The van der Waals surface area contributed by atoms with E-state index in [1.54, 1.807) is 23.3 Å². The first-order chi connectivity index (χ1) is 11.3. The maximum Gasteiger partial charge on any atom is 0.319 e. The highest BCUT2D eigenvalue weighted by molar-refractivity contribution is 5.89. The molecule has 0 aromatic carbocycles. The average Bonchev–Trinajstić information content (AvgIpc) is 3.04. The van der Waals surface area contributed by atoms with Gasteiger partial charge in [0.05, 0.1) is 18.1 Å². The number of nitrogens with zero attached hydrogens (tertiary/aromatic N) is 3. The number of nitrogens with one attached hydrogen (secondary N) is 2. The largest absolute Gasteiger partial charge is 0.396 e. The van der Waals surface area contributed by atoms with E-state index in [1.807, 2.05) is 18.2 Å². The van der Waals surface area contributed by atoms with Crippen molar-refractivity contribution < 1.29 is 9.90 Å². The zero-order valence-corrected chi connectivity index (χ0v) is 12.9. The lowest BCUT2D eigenvalue weighted by Gasteiger charge is -2.30. The summed E-state index contributed by atoms with van der Waals surface area (Å²) in [4.78, 5) is 16.3. The predicted molar refractivity (Wildman–Crippen MR) is 86.3 cm³/mol. The molecule has 0 saturated heterocycles. The van der Waals surface area contributed by atoms with Gasteiger partial charge in [0.15, 0.2) is 5.82 Å². The number of rotatable bonds is 4. The van der Waals surface area contributed by atoms with Crippen molar-refractivity contribution >= 4 is 11.7 Å². The Morgan fingerprint density at radius 1 is 1.35 bits per heavy atom. The molecule has 3 rings (SSSR count). The van der Waals surface area contributed by atoms with Gasteiger partial charge in [-0.1, -0.05) is 18.9 Å². The standard InChI is InChI=1S/C16H21N5O2/c22-11-12-5-1-2-6-14(12)20-16(23)19-13-9-18-21(10-13)15-7-3-4-8-17-15/h3-4,7-10,12,14,22H,1-2,5-6,11H2,(H2,19,20,23)/t12-,14-/m1/s1. The Bertz CT molecular complexity index is 643. The number of carbonyl (C=O) groups excluding carboxylic acids is 1. The molecule has 0 radical (unpaired) electrons. The van der Waals surface area contributed by atoms with Crippen molar-refractivity contribution in [2.45, 2.75) is 31.7 Å². The van der Waals surface area contributed by atoms with Crippen molar-refractivity contribution in [1.29, 1.82) is 0 Å². The Kier molecular flexibility index (Phi) is 4.87. The van der Waals surface area contributed by atoms with Crippen LogP contribution in [0.3, 0.4) is 0 Å². The number of pyridine rings is 1. The molecule has 2 aromatic rings. The summed E-state index contributed by atoms with van der Waals surface area (Å²) in [6.45, 7) is 0.114. The van der Waals surface area contributed by atoms with Crippen molar-refractivity contribution in [3.05, 3.63) is 36.8 Å². The van der Waals surface area contributed by atoms with Crippen LogP contribution in [0.4, 0.5) is 10.5 Å². The molecule has 2 heterocycles. The number of aliphatic hydroxyl groups excluding tert-OH is 1. The molecule has 23 heavy (non-hydrogen) atoms. The maximum atomic E-state index is 12.1. The van der Waals surface area contributed by atoms with E-state index in [-0.39, 0.29) is 24.6 Å². The number of urea groups is 1. The van der Waals surface area contributed by atoms with Crippen LogP contribution in [0.1, 0.15) is 25.7 Å². The van der Waals surface area contributed by atoms with Crippen LogP contribution < -0.4 is 10.6 Å². The van der Waals surface area contributed by atoms with Crippen LogP contribution in [0.2, 0.25) is 0 Å². The molecule has 7 heteroatoms. The molecule has 3 N–H and O–H groups in total. The second-order valence-corrected chi connectivity index (χ2v) is 5.79. The molecular formula is C16H21N5O2. The highest BCUT2D eigenvalue weighted by Crippen LogP contribution is 2.24. The second kappa shape index (κ2) is 7.23. The minimum atomic E-state index is -0.268. The summed E-state index contributed by atoms with van der Waals surface area (Å²) in [5, 5.41) is 19.3. The lowest BCUT2D eigenvalue weighted by Crippen LogP contribution is -2.45. The number of anilines is 1. The molecule has 2 atom stereocenters. The molecule has 7 nitrogen and oxygen atoms in total. The molecular weight excluding hydrogens is 294 g/mol. The monoisotopic (exact) mass is 315 g/mol. The summed E-state index contributed by atoms with van der Waals surface area (Å²) in [5.41, 5.74) is 0.601. The molecule has 0 aliphatic heterocycles. The summed E-state index contributed by atoms with van der Waals surface area (Å²) in [6, 6.07) is 5.31. The fraction of sp³-hybridized carbons (Fsp3) is 0.438. The van der Waals surface area contributed by atoms with E-state index in [0.29, 0.717) is 11.5 Å². The van der Waals surface area contributed by atoms with Gasteiger partial charge in [0, 0.05) is 24.8 Å². The van der Waals surface area contributed by atoms with Crippen LogP contribution in [0.5, 0.6) is 0 Å². The van der Waals surface area contributed by atoms with Gasteiger partial charge < -0.3 is 15.7 Å². The van der Waals surface area contributed by atoms with E-state index in [4.69, 9.17) is 0 Å². The van der Waals surface area contributed by atoms with Gasteiger partial charge in [0.1, 0.15) is 0 Å². The van der Waals surface area contributed by atoms with Crippen LogP contribution in [0.25, 0.3) is 5.82 Å².